The summed E-state index contributed by atoms with van der Waals surface area (Å²) in [5.41, 5.74) is 2.61. The number of carbonyl (C=O) groups excluding carboxylic acids is 2. The Bertz CT molecular complexity index is 762. The number of benzene rings is 1. The monoisotopic (exact) mass is 358 g/mol. The average Bonchev–Trinajstić information content (AvgIpc) is 3.18. The van der Waals surface area contributed by atoms with E-state index in [2.05, 4.69) is 20.8 Å². The molecule has 1 aromatic heterocycles. The highest BCUT2D eigenvalue weighted by molar-refractivity contribution is 5.90. The number of anilines is 1. The van der Waals surface area contributed by atoms with Crippen molar-refractivity contribution < 1.29 is 14.3 Å². The molecular formula is C17H22N6O3. The van der Waals surface area contributed by atoms with Gasteiger partial charge in [0.1, 0.15) is 12.7 Å². The van der Waals surface area contributed by atoms with E-state index in [0.29, 0.717) is 26.2 Å². The first kappa shape index (κ1) is 17.7. The average molecular weight is 358 g/mol. The second-order valence-corrected chi connectivity index (χ2v) is 5.90. The minimum Gasteiger partial charge on any atom is -0.449 e. The second-order valence-electron chi connectivity index (χ2n) is 5.90. The molecule has 1 aliphatic heterocycles. The standard InChI is InChI=1S/C17H22N6O3/c1-2-13-4-5-14(23-11-19-20-12-23)10-15(13)21-16(24)18-6-8-22-7-3-9-26-17(22)25/h4-5,10-12H,2-3,6-9H2,1H3,(H2,18,21,24). The van der Waals surface area contributed by atoms with Crippen LogP contribution in [0.15, 0.2) is 30.9 Å². The number of carbonyl (C=O) groups is 2. The Kier molecular flexibility index (Phi) is 5.67. The molecule has 3 rings (SSSR count). The topological polar surface area (TPSA) is 101 Å². The third-order valence-electron chi connectivity index (χ3n) is 4.16. The second kappa shape index (κ2) is 8.32. The van der Waals surface area contributed by atoms with E-state index in [1.165, 1.54) is 0 Å². The molecule has 1 aliphatic rings. The smallest absolute Gasteiger partial charge is 0.409 e. The molecule has 2 heterocycles. The molecule has 0 bridgehead atoms. The molecule has 0 atom stereocenters. The Balaban J connectivity index is 1.57. The number of nitrogens with one attached hydrogen (secondary N) is 2. The van der Waals surface area contributed by atoms with Crippen molar-refractivity contribution in [1.82, 2.24) is 25.0 Å². The van der Waals surface area contributed by atoms with Gasteiger partial charge in [-0.25, -0.2) is 9.59 Å². The number of nitrogens with zero attached hydrogens (tertiary/aromatic N) is 4. The van der Waals surface area contributed by atoms with E-state index in [0.717, 1.165) is 29.8 Å². The molecule has 0 spiro atoms. The van der Waals surface area contributed by atoms with Crippen molar-refractivity contribution in [3.63, 3.8) is 0 Å². The van der Waals surface area contributed by atoms with Gasteiger partial charge in [0.25, 0.3) is 0 Å². The fourth-order valence-corrected chi connectivity index (χ4v) is 2.76. The van der Waals surface area contributed by atoms with Gasteiger partial charge in [-0.3, -0.25) is 4.57 Å². The van der Waals surface area contributed by atoms with Crippen LogP contribution in [0.5, 0.6) is 0 Å². The van der Waals surface area contributed by atoms with Crippen LogP contribution < -0.4 is 10.6 Å². The first-order valence-electron chi connectivity index (χ1n) is 8.62. The summed E-state index contributed by atoms with van der Waals surface area (Å²) in [6.45, 7) is 3.93. The largest absolute Gasteiger partial charge is 0.449 e. The minimum absolute atomic E-state index is 0.314. The predicted octanol–water partition coefficient (Wildman–Crippen LogP) is 1.79. The fraction of sp³-hybridized carbons (Fsp3) is 0.412. The Morgan fingerprint density at radius 2 is 2.12 bits per heavy atom. The van der Waals surface area contributed by atoms with Crippen molar-refractivity contribution in [2.75, 3.05) is 31.6 Å². The third kappa shape index (κ3) is 4.29. The molecular weight excluding hydrogens is 336 g/mol. The molecule has 0 saturated carbocycles. The zero-order chi connectivity index (χ0) is 18.4. The number of ether oxygens (including phenoxy) is 1. The van der Waals surface area contributed by atoms with Crippen LogP contribution in [0, 0.1) is 0 Å². The molecule has 9 heteroatoms. The summed E-state index contributed by atoms with van der Waals surface area (Å²) in [7, 11) is 0. The summed E-state index contributed by atoms with van der Waals surface area (Å²) in [4.78, 5) is 25.4. The number of aromatic nitrogens is 3. The van der Waals surface area contributed by atoms with Gasteiger partial charge in [0.15, 0.2) is 0 Å². The number of cyclic esters (lactones) is 1. The summed E-state index contributed by atoms with van der Waals surface area (Å²) in [5.74, 6) is 0. The number of amides is 3. The number of hydrogen-bond donors (Lipinski definition) is 2. The van der Waals surface area contributed by atoms with Crippen LogP contribution >= 0.6 is 0 Å². The molecule has 1 fully saturated rings. The highest BCUT2D eigenvalue weighted by atomic mass is 16.6. The van der Waals surface area contributed by atoms with Crippen molar-refractivity contribution >= 4 is 17.8 Å². The quantitative estimate of drug-likeness (QED) is 0.820. The SMILES string of the molecule is CCc1ccc(-n2cnnc2)cc1NC(=O)NCCN1CCCOC1=O. The number of rotatable bonds is 6. The zero-order valence-electron chi connectivity index (χ0n) is 14.6. The van der Waals surface area contributed by atoms with Gasteiger partial charge in [0.05, 0.1) is 12.3 Å². The van der Waals surface area contributed by atoms with E-state index in [1.54, 1.807) is 22.1 Å². The third-order valence-corrected chi connectivity index (χ3v) is 4.16. The zero-order valence-corrected chi connectivity index (χ0v) is 14.6. The van der Waals surface area contributed by atoms with Crippen LogP contribution in [-0.4, -0.2) is 58.0 Å². The molecule has 2 aromatic rings. The van der Waals surface area contributed by atoms with Gasteiger partial charge in [0, 0.05) is 25.3 Å². The summed E-state index contributed by atoms with van der Waals surface area (Å²) < 4.78 is 6.74. The maximum absolute atomic E-state index is 12.2. The van der Waals surface area contributed by atoms with Gasteiger partial charge in [-0.05, 0) is 30.5 Å². The highest BCUT2D eigenvalue weighted by Gasteiger charge is 2.19. The Morgan fingerprint density at radius 3 is 2.85 bits per heavy atom. The fourth-order valence-electron chi connectivity index (χ4n) is 2.76. The van der Waals surface area contributed by atoms with Crippen molar-refractivity contribution in [1.29, 1.82) is 0 Å². The summed E-state index contributed by atoms with van der Waals surface area (Å²) in [6, 6.07) is 5.48. The van der Waals surface area contributed by atoms with Gasteiger partial charge >= 0.3 is 12.1 Å². The van der Waals surface area contributed by atoms with Gasteiger partial charge in [-0.1, -0.05) is 13.0 Å². The molecule has 0 aliphatic carbocycles. The maximum atomic E-state index is 12.2. The molecule has 2 N–H and O–H groups in total. The van der Waals surface area contributed by atoms with Crippen LogP contribution in [-0.2, 0) is 11.2 Å². The van der Waals surface area contributed by atoms with Crippen molar-refractivity contribution in [3.8, 4) is 5.69 Å². The molecule has 9 nitrogen and oxygen atoms in total. The van der Waals surface area contributed by atoms with Crippen molar-refractivity contribution in [3.05, 3.63) is 36.4 Å². The van der Waals surface area contributed by atoms with E-state index in [9.17, 15) is 9.59 Å². The van der Waals surface area contributed by atoms with Crippen LogP contribution in [0.3, 0.4) is 0 Å². The molecule has 0 radical (unpaired) electrons. The molecule has 0 unspecified atom stereocenters. The highest BCUT2D eigenvalue weighted by Crippen LogP contribution is 2.20. The van der Waals surface area contributed by atoms with Gasteiger partial charge in [0.2, 0.25) is 0 Å². The number of hydrogen-bond acceptors (Lipinski definition) is 5. The molecule has 3 amide bonds. The molecule has 1 aromatic carbocycles. The predicted molar refractivity (Wildman–Crippen MR) is 95.3 cm³/mol. The lowest BCUT2D eigenvalue weighted by Gasteiger charge is -2.26. The Labute approximate surface area is 151 Å². The van der Waals surface area contributed by atoms with Crippen LogP contribution in [0.2, 0.25) is 0 Å². The lowest BCUT2D eigenvalue weighted by molar-refractivity contribution is 0.0736. The summed E-state index contributed by atoms with van der Waals surface area (Å²) in [5, 5.41) is 13.2. The number of aryl methyl sites for hydroxylation is 1. The van der Waals surface area contributed by atoms with E-state index < -0.39 is 0 Å². The van der Waals surface area contributed by atoms with E-state index in [4.69, 9.17) is 4.74 Å². The van der Waals surface area contributed by atoms with Crippen LogP contribution in [0.1, 0.15) is 18.9 Å². The van der Waals surface area contributed by atoms with Crippen molar-refractivity contribution in [2.45, 2.75) is 19.8 Å². The van der Waals surface area contributed by atoms with E-state index in [1.807, 2.05) is 25.1 Å². The first-order valence-corrected chi connectivity index (χ1v) is 8.62. The van der Waals surface area contributed by atoms with Gasteiger partial charge in [-0.2, -0.15) is 0 Å². The Morgan fingerprint density at radius 1 is 1.31 bits per heavy atom. The lowest BCUT2D eigenvalue weighted by Crippen LogP contribution is -2.43. The van der Waals surface area contributed by atoms with Crippen LogP contribution in [0.4, 0.5) is 15.3 Å². The lowest BCUT2D eigenvalue weighted by atomic mass is 10.1. The van der Waals surface area contributed by atoms with Crippen molar-refractivity contribution in [2.24, 2.45) is 0 Å². The van der Waals surface area contributed by atoms with Gasteiger partial charge in [-0.15, -0.1) is 10.2 Å². The molecule has 26 heavy (non-hydrogen) atoms. The van der Waals surface area contributed by atoms with E-state index >= 15 is 0 Å². The number of urea groups is 1. The summed E-state index contributed by atoms with van der Waals surface area (Å²) >= 11 is 0. The van der Waals surface area contributed by atoms with Crippen LogP contribution in [0.25, 0.3) is 5.69 Å². The molecule has 1 saturated heterocycles. The normalized spacial score (nSPS) is 14.0. The first-order chi connectivity index (χ1) is 12.7. The Hall–Kier alpha value is -3.10. The summed E-state index contributed by atoms with van der Waals surface area (Å²) in [6.07, 6.45) is 4.48. The maximum Gasteiger partial charge on any atom is 0.409 e. The van der Waals surface area contributed by atoms with Gasteiger partial charge < -0.3 is 20.3 Å². The van der Waals surface area contributed by atoms with E-state index in [-0.39, 0.29) is 12.1 Å². The minimum atomic E-state index is -0.326. The molecule has 138 valence electrons.